The van der Waals surface area contributed by atoms with Crippen LogP contribution in [-0.4, -0.2) is 71.9 Å². The van der Waals surface area contributed by atoms with Crippen LogP contribution in [0.3, 0.4) is 0 Å². The number of benzene rings is 2. The summed E-state index contributed by atoms with van der Waals surface area (Å²) in [6.07, 6.45) is 0.886. The number of carbonyl (C=O) groups excluding carboxylic acids is 4. The summed E-state index contributed by atoms with van der Waals surface area (Å²) in [7, 11) is 0. The smallest absolute Gasteiger partial charge is 0.272 e. The van der Waals surface area contributed by atoms with Gasteiger partial charge in [0.2, 0.25) is 23.9 Å². The molecule has 10 nitrogen and oxygen atoms in total. The summed E-state index contributed by atoms with van der Waals surface area (Å²) in [6.45, 7) is -0.415. The molecule has 0 radical (unpaired) electrons. The maximum Gasteiger partial charge on any atom is 0.272 e. The molecule has 12 heteroatoms. The normalized spacial score (nSPS) is 16.6. The van der Waals surface area contributed by atoms with E-state index in [1.165, 1.54) is 16.7 Å². The monoisotopic (exact) mass is 542 g/mol. The zero-order valence-corrected chi connectivity index (χ0v) is 22.0. The number of anilines is 1. The lowest BCUT2D eigenvalue weighted by Gasteiger charge is -2.26. The van der Waals surface area contributed by atoms with Gasteiger partial charge in [-0.3, -0.25) is 24.1 Å². The van der Waals surface area contributed by atoms with Crippen molar-refractivity contribution in [2.75, 3.05) is 29.2 Å². The second-order valence-corrected chi connectivity index (χ2v) is 9.64. The summed E-state index contributed by atoms with van der Waals surface area (Å²) < 4.78 is 0. The third-order valence-corrected chi connectivity index (χ3v) is 6.70. The van der Waals surface area contributed by atoms with Gasteiger partial charge in [0.05, 0.1) is 17.4 Å². The van der Waals surface area contributed by atoms with E-state index in [4.69, 9.17) is 11.5 Å². The molecule has 0 bridgehead atoms. The van der Waals surface area contributed by atoms with E-state index in [1.807, 2.05) is 36.6 Å². The Morgan fingerprint density at radius 2 is 1.81 bits per heavy atom. The lowest BCUT2D eigenvalue weighted by molar-refractivity contribution is -0.129. The molecule has 196 valence electrons. The van der Waals surface area contributed by atoms with Crippen molar-refractivity contribution in [2.45, 2.75) is 24.7 Å². The third-order valence-electron chi connectivity index (χ3n) is 5.66. The fraction of sp³-hybridized carbons (Fsp3) is 0.320. The molecule has 37 heavy (non-hydrogen) atoms. The highest BCUT2D eigenvalue weighted by molar-refractivity contribution is 7.98. The minimum atomic E-state index is -1.35. The number of fused-ring (bicyclic) bond motifs is 1. The third kappa shape index (κ3) is 7.12. The standard InChI is InChI=1S/C25H30N6O4S2/c1-37-12-11-18(22(27)33)28-20(32)13-31-19-10-6-5-9-16(19)21(15-7-3-2-4-8-15)29-23(25(31)35)30-24(34)17(26)14-36/h2-10,17-18,23,36H,11-14,26H2,1H3,(H2,27,33)(H,28,32)(H,30,34). The molecule has 0 aliphatic carbocycles. The topological polar surface area (TPSA) is 160 Å². The predicted octanol–water partition coefficient (Wildman–Crippen LogP) is 0.293. The average molecular weight is 543 g/mol. The molecule has 3 unspecified atom stereocenters. The van der Waals surface area contributed by atoms with Crippen LogP contribution in [0.1, 0.15) is 17.5 Å². The van der Waals surface area contributed by atoms with Gasteiger partial charge >= 0.3 is 0 Å². The van der Waals surface area contributed by atoms with Crippen LogP contribution in [0.15, 0.2) is 59.6 Å². The zero-order chi connectivity index (χ0) is 26.9. The molecule has 3 atom stereocenters. The fourth-order valence-corrected chi connectivity index (χ4v) is 4.38. The van der Waals surface area contributed by atoms with Gasteiger partial charge in [0.1, 0.15) is 12.6 Å². The van der Waals surface area contributed by atoms with Gasteiger partial charge in [0.15, 0.2) is 0 Å². The van der Waals surface area contributed by atoms with Gasteiger partial charge in [-0.25, -0.2) is 4.99 Å². The van der Waals surface area contributed by atoms with Crippen molar-refractivity contribution in [1.29, 1.82) is 0 Å². The highest BCUT2D eigenvalue weighted by atomic mass is 32.2. The number of hydrogen-bond acceptors (Lipinski definition) is 8. The summed E-state index contributed by atoms with van der Waals surface area (Å²) in [5.41, 5.74) is 13.5. The van der Waals surface area contributed by atoms with E-state index in [0.717, 1.165) is 5.56 Å². The SMILES string of the molecule is CSCCC(NC(=O)CN1C(=O)C(NC(=O)C(N)CS)N=C(c2ccccc2)c2ccccc21)C(N)=O. The van der Waals surface area contributed by atoms with E-state index >= 15 is 0 Å². The number of thioether (sulfide) groups is 1. The minimum Gasteiger partial charge on any atom is -0.368 e. The van der Waals surface area contributed by atoms with Crippen molar-refractivity contribution in [1.82, 2.24) is 10.6 Å². The van der Waals surface area contributed by atoms with Crippen LogP contribution in [0.2, 0.25) is 0 Å². The number of primary amides is 1. The Kier molecular flexibility index (Phi) is 10.1. The molecule has 4 amide bonds. The summed E-state index contributed by atoms with van der Waals surface area (Å²) in [6, 6.07) is 14.4. The summed E-state index contributed by atoms with van der Waals surface area (Å²) in [4.78, 5) is 57.1. The van der Waals surface area contributed by atoms with Crippen LogP contribution in [0.25, 0.3) is 0 Å². The van der Waals surface area contributed by atoms with Crippen molar-refractivity contribution in [3.8, 4) is 0 Å². The number of thiol groups is 1. The number of para-hydroxylation sites is 1. The second-order valence-electron chi connectivity index (χ2n) is 8.29. The first-order chi connectivity index (χ1) is 17.8. The van der Waals surface area contributed by atoms with Gasteiger partial charge in [0, 0.05) is 16.9 Å². The molecule has 0 fully saturated rings. The number of aliphatic imine (C=N–C) groups is 1. The number of rotatable bonds is 11. The fourth-order valence-electron chi connectivity index (χ4n) is 3.74. The largest absolute Gasteiger partial charge is 0.368 e. The van der Waals surface area contributed by atoms with E-state index in [0.29, 0.717) is 29.1 Å². The Hall–Kier alpha value is -3.35. The molecule has 0 spiro atoms. The Balaban J connectivity index is 2.02. The van der Waals surface area contributed by atoms with E-state index in [9.17, 15) is 19.2 Å². The average Bonchev–Trinajstić information content (AvgIpc) is 3.01. The van der Waals surface area contributed by atoms with Crippen molar-refractivity contribution in [2.24, 2.45) is 16.5 Å². The molecular formula is C25H30N6O4S2. The van der Waals surface area contributed by atoms with Crippen LogP contribution in [0.4, 0.5) is 5.69 Å². The van der Waals surface area contributed by atoms with E-state index in [2.05, 4.69) is 28.3 Å². The predicted molar refractivity (Wildman–Crippen MR) is 149 cm³/mol. The molecule has 2 aromatic rings. The van der Waals surface area contributed by atoms with Crippen LogP contribution in [-0.2, 0) is 19.2 Å². The maximum atomic E-state index is 13.7. The number of nitrogens with one attached hydrogen (secondary N) is 2. The number of carbonyl (C=O) groups is 4. The maximum absolute atomic E-state index is 13.7. The Bertz CT molecular complexity index is 1180. The Labute approximate surface area is 225 Å². The van der Waals surface area contributed by atoms with Gasteiger partial charge in [-0.1, -0.05) is 48.5 Å². The highest BCUT2D eigenvalue weighted by Gasteiger charge is 2.35. The molecule has 1 aliphatic heterocycles. The molecule has 0 aromatic heterocycles. The summed E-state index contributed by atoms with van der Waals surface area (Å²) >= 11 is 5.58. The van der Waals surface area contributed by atoms with Crippen LogP contribution in [0.5, 0.6) is 0 Å². The number of nitrogens with zero attached hydrogens (tertiary/aromatic N) is 2. The minimum absolute atomic E-state index is 0.0684. The first-order valence-corrected chi connectivity index (χ1v) is 13.6. The van der Waals surface area contributed by atoms with Crippen molar-refractivity contribution < 1.29 is 19.2 Å². The number of benzodiazepines with no additional fused rings is 1. The lowest BCUT2D eigenvalue weighted by atomic mass is 10.0. The lowest BCUT2D eigenvalue weighted by Crippen LogP contribution is -2.54. The molecule has 1 aliphatic rings. The van der Waals surface area contributed by atoms with Gasteiger partial charge in [-0.15, -0.1) is 0 Å². The van der Waals surface area contributed by atoms with E-state index in [1.54, 1.807) is 24.3 Å². The van der Waals surface area contributed by atoms with Crippen LogP contribution < -0.4 is 27.0 Å². The molecule has 3 rings (SSSR count). The first-order valence-electron chi connectivity index (χ1n) is 11.5. The molecule has 2 aromatic carbocycles. The molecular weight excluding hydrogens is 512 g/mol. The number of hydrogen-bond donors (Lipinski definition) is 5. The van der Waals surface area contributed by atoms with Gasteiger partial charge in [-0.05, 0) is 24.5 Å². The Morgan fingerprint density at radius 1 is 1.14 bits per heavy atom. The van der Waals surface area contributed by atoms with E-state index < -0.39 is 48.4 Å². The Morgan fingerprint density at radius 3 is 2.46 bits per heavy atom. The molecule has 0 saturated heterocycles. The highest BCUT2D eigenvalue weighted by Crippen LogP contribution is 2.28. The molecule has 0 saturated carbocycles. The molecule has 1 heterocycles. The number of amides is 4. The van der Waals surface area contributed by atoms with E-state index in [-0.39, 0.29) is 5.75 Å². The van der Waals surface area contributed by atoms with Crippen molar-refractivity contribution >= 4 is 59.4 Å². The molecule has 6 N–H and O–H groups in total. The first kappa shape index (κ1) is 28.2. The summed E-state index contributed by atoms with van der Waals surface area (Å²) in [5, 5.41) is 5.20. The van der Waals surface area contributed by atoms with Crippen molar-refractivity contribution in [3.63, 3.8) is 0 Å². The number of nitrogens with two attached hydrogens (primary N) is 2. The van der Waals surface area contributed by atoms with Crippen LogP contribution >= 0.6 is 24.4 Å². The zero-order valence-electron chi connectivity index (χ0n) is 20.3. The second kappa shape index (κ2) is 13.3. The van der Waals surface area contributed by atoms with Crippen LogP contribution in [0, 0.1) is 0 Å². The van der Waals surface area contributed by atoms with Gasteiger partial charge in [0.25, 0.3) is 5.91 Å². The van der Waals surface area contributed by atoms with Gasteiger partial charge < -0.3 is 22.1 Å². The van der Waals surface area contributed by atoms with Gasteiger partial charge in [-0.2, -0.15) is 24.4 Å². The van der Waals surface area contributed by atoms with Crippen molar-refractivity contribution in [3.05, 3.63) is 65.7 Å². The quantitative estimate of drug-likeness (QED) is 0.257. The summed E-state index contributed by atoms with van der Waals surface area (Å²) in [5.74, 6) is -1.79.